The van der Waals surface area contributed by atoms with E-state index in [1.54, 1.807) is 0 Å². The van der Waals surface area contributed by atoms with Crippen molar-refractivity contribution in [3.05, 3.63) is 0 Å². The van der Waals surface area contributed by atoms with Gasteiger partial charge in [-0.2, -0.15) is 7.94 Å². The average Bonchev–Trinajstić information content (AvgIpc) is 2.64. The van der Waals surface area contributed by atoms with Crippen LogP contribution in [0.15, 0.2) is 0 Å². The maximum atomic E-state index is 11.7. The fourth-order valence-corrected chi connectivity index (χ4v) is 4.55. The van der Waals surface area contributed by atoms with Crippen LogP contribution in [0, 0.1) is 35.5 Å². The molecule has 30 heteroatoms. The van der Waals surface area contributed by atoms with Gasteiger partial charge in [-0.15, -0.1) is 0 Å². The Morgan fingerprint density at radius 2 is 0.609 bits per heavy atom. The van der Waals surface area contributed by atoms with Crippen LogP contribution in [0.4, 0.5) is 0 Å². The van der Waals surface area contributed by atoms with Crippen LogP contribution in [0.2, 0.25) is 0 Å². The van der Waals surface area contributed by atoms with Crippen molar-refractivity contribution in [3.63, 3.8) is 0 Å². The number of carbonyl (C=O) groups is 8. The topological polar surface area (TPSA) is 390 Å². The van der Waals surface area contributed by atoms with Crippen molar-refractivity contribution >= 4 is 55.7 Å². The smallest absolute Gasteiger partial charge is 0.687 e. The second kappa shape index (κ2) is 38.0. The molecule has 202 valence electrons. The van der Waals surface area contributed by atoms with Crippen LogP contribution in [0.1, 0.15) is 6.42 Å². The van der Waals surface area contributed by atoms with Crippen molar-refractivity contribution in [2.45, 2.75) is 12.1 Å². The largest absolute Gasteiger partial charge is 1.00 e. The second-order valence-corrected chi connectivity index (χ2v) is 8.67. The van der Waals surface area contributed by atoms with Gasteiger partial charge in [-0.1, -0.05) is 0 Å². The Hall–Kier alpha value is 6.07. The van der Waals surface area contributed by atoms with Gasteiger partial charge in [-0.25, -0.2) is 0 Å². The molecule has 0 saturated heterocycles. The molecule has 0 fully saturated rings. The third-order valence-corrected chi connectivity index (χ3v) is 6.17. The van der Waals surface area contributed by atoms with Crippen LogP contribution < -0.4 is 351 Å². The molecule has 0 saturated carbocycles. The molecule has 0 aliphatic heterocycles. The molecule has 0 aromatic carbocycles. The summed E-state index contributed by atoms with van der Waals surface area (Å²) in [5.41, 5.74) is -4.00. The van der Waals surface area contributed by atoms with Crippen molar-refractivity contribution in [1.29, 1.82) is 0 Å². The van der Waals surface area contributed by atoms with Gasteiger partial charge < -0.3 is 93.9 Å². The van der Waals surface area contributed by atoms with Crippen molar-refractivity contribution in [2.75, 3.05) is 0 Å². The first-order chi connectivity index (χ1) is 16.2. The summed E-state index contributed by atoms with van der Waals surface area (Å²) < 4.78 is 0. The van der Waals surface area contributed by atoms with Crippen molar-refractivity contribution < 1.29 is 389 Å². The van der Waals surface area contributed by atoms with Gasteiger partial charge in [-0.05, 0) is 6.42 Å². The van der Waals surface area contributed by atoms with Crippen molar-refractivity contribution in [3.8, 4) is 0 Å². The molecule has 0 amide bonds. The maximum absolute atomic E-state index is 11.7. The molecule has 7 atom stereocenters. The summed E-state index contributed by atoms with van der Waals surface area (Å²) in [6, 6.07) is 0. The van der Waals surface area contributed by atoms with Gasteiger partial charge in [0.1, 0.15) is 5.66 Å². The zero-order valence-electron chi connectivity index (χ0n) is 27.0. The Bertz CT molecular complexity index is 984. The van der Waals surface area contributed by atoms with E-state index in [0.717, 1.165) is 0 Å². The molecule has 0 aliphatic carbocycles. The minimum Gasteiger partial charge on any atom is -0.687 e. The van der Waals surface area contributed by atoms with E-state index in [2.05, 4.69) is 0 Å². The van der Waals surface area contributed by atoms with E-state index in [0.29, 0.717) is 0 Å². The predicted octanol–water partition coefficient (Wildman–Crippen LogP) is -45.7. The van der Waals surface area contributed by atoms with Gasteiger partial charge in [0.05, 0.1) is 5.97 Å². The molecule has 0 aromatic heterocycles. The first-order valence-electron chi connectivity index (χ1n) is 8.85. The molecular formula is C16H9Na10O19P. The third kappa shape index (κ3) is 26.0. The standard InChI is InChI=1S/C16H19O19P.10Na/c17-3(18)1-2(10(19)20)4(11(21)22)5(12(23)24)6(13(25)26)7(14(27)28)8(15(29)30)9(16(31)32)36(33,34)35;;;;;;;;;;/h2,4-9H,1H2,(H,17,18)(H,19,20)(H,21,22)(H,23,24)(H,25,26)(H,27,28)(H,29,30)(H,31,32)(H2,33,34,35);;;;;;;;;;/q;10*+1/p-10. The Morgan fingerprint density at radius 3 is 0.783 bits per heavy atom. The molecule has 0 radical (unpaired) electrons. The monoisotopic (exact) mass is 766 g/mol. The molecule has 0 aliphatic rings. The third-order valence-electron chi connectivity index (χ3n) is 4.95. The van der Waals surface area contributed by atoms with E-state index >= 15 is 0 Å². The van der Waals surface area contributed by atoms with Gasteiger partial charge >= 0.3 is 296 Å². The van der Waals surface area contributed by atoms with E-state index in [-0.39, 0.29) is 296 Å². The molecule has 0 heterocycles. The summed E-state index contributed by atoms with van der Waals surface area (Å²) in [5.74, 6) is -45.5. The van der Waals surface area contributed by atoms with Crippen LogP contribution in [0.3, 0.4) is 0 Å². The van der Waals surface area contributed by atoms with Crippen LogP contribution in [0.5, 0.6) is 0 Å². The Balaban J connectivity index is -0.000000136. The van der Waals surface area contributed by atoms with Gasteiger partial charge in [0.2, 0.25) is 0 Å². The molecule has 0 aromatic rings. The Labute approximate surface area is 482 Å². The number of carbonyl (C=O) groups excluding carboxylic acids is 8. The second-order valence-electron chi connectivity index (χ2n) is 7.03. The summed E-state index contributed by atoms with van der Waals surface area (Å²) in [6.07, 6.45) is -1.96. The molecule has 0 N–H and O–H groups in total. The minimum atomic E-state index is -6.82. The Morgan fingerprint density at radius 1 is 0.370 bits per heavy atom. The van der Waals surface area contributed by atoms with Crippen LogP contribution in [0.25, 0.3) is 0 Å². The number of carboxylic acid groups (broad SMARTS) is 8. The van der Waals surface area contributed by atoms with E-state index in [9.17, 15) is 93.9 Å². The quantitative estimate of drug-likeness (QED) is 0.104. The van der Waals surface area contributed by atoms with Gasteiger partial charge in [0.15, 0.2) is 0 Å². The maximum Gasteiger partial charge on any atom is 1.00 e. The molecule has 19 nitrogen and oxygen atoms in total. The molecule has 46 heavy (non-hydrogen) atoms. The van der Waals surface area contributed by atoms with Crippen molar-refractivity contribution in [2.24, 2.45) is 35.5 Å². The van der Waals surface area contributed by atoms with E-state index < -0.39 is 103 Å². The van der Waals surface area contributed by atoms with Crippen LogP contribution in [-0.2, 0) is 38.4 Å². The molecular weight excluding hydrogens is 757 g/mol. The Kier molecular flexibility index (Phi) is 66.5. The first-order valence-corrected chi connectivity index (χ1v) is 10.5. The van der Waals surface area contributed by atoms with Crippen LogP contribution in [-0.4, -0.2) is 53.4 Å². The normalized spacial score (nSPS) is 13.5. The minimum absolute atomic E-state index is 0. The fourth-order valence-electron chi connectivity index (χ4n) is 3.59. The number of hydrogen-bond acceptors (Lipinski definition) is 19. The zero-order chi connectivity index (χ0) is 28.9. The summed E-state index contributed by atoms with van der Waals surface area (Å²) in [5, 5.41) is 91.2. The van der Waals surface area contributed by atoms with E-state index in [1.165, 1.54) is 0 Å². The van der Waals surface area contributed by atoms with Crippen molar-refractivity contribution in [1.82, 2.24) is 0 Å². The number of aliphatic carboxylic acids is 8. The number of hydrogen-bond donors (Lipinski definition) is 0. The average molecular weight is 766 g/mol. The zero-order valence-corrected chi connectivity index (χ0v) is 47.8. The molecule has 0 rings (SSSR count). The van der Waals surface area contributed by atoms with Crippen LogP contribution >= 0.6 is 7.94 Å². The van der Waals surface area contributed by atoms with E-state index in [4.69, 9.17) is 0 Å². The number of rotatable bonds is 16. The molecule has 0 spiro atoms. The van der Waals surface area contributed by atoms with E-state index in [1.807, 2.05) is 0 Å². The summed E-state index contributed by atoms with van der Waals surface area (Å²) in [4.78, 5) is 125. The van der Waals surface area contributed by atoms with Gasteiger partial charge in [-0.3, -0.25) is 0 Å². The first kappa shape index (κ1) is 80.5. The summed E-state index contributed by atoms with van der Waals surface area (Å²) in [6.45, 7) is 0. The fraction of sp³-hybridized carbons (Fsp3) is 0.500. The van der Waals surface area contributed by atoms with Gasteiger partial charge in [0.25, 0.3) is 0 Å². The predicted molar refractivity (Wildman–Crippen MR) is 76.3 cm³/mol. The number of carboxylic acids is 8. The molecule has 7 unspecified atom stereocenters. The molecule has 0 bridgehead atoms. The summed E-state index contributed by atoms with van der Waals surface area (Å²) in [7, 11) is -6.82. The summed E-state index contributed by atoms with van der Waals surface area (Å²) >= 11 is 0. The van der Waals surface area contributed by atoms with Gasteiger partial charge in [0, 0.05) is 77.3 Å². The SMILES string of the molecule is O=C([O-])CC(C(=O)[O-])C(C(=O)[O-])C(C(=O)[O-])C(C(=O)[O-])C(C(=O)[O-])C(C(=O)[O-])C(C(=O)[O-])[P+]([O-])([O-])[O-].[Na+].[Na+].[Na+].[Na+].[Na+].[Na+].[Na+].[Na+].[Na+].[Na+].